The molecule has 30 heavy (non-hydrogen) atoms. The van der Waals surface area contributed by atoms with Crippen LogP contribution >= 0.6 is 0 Å². The lowest BCUT2D eigenvalue weighted by Crippen LogP contribution is -2.02. The number of carbonyl (C=O) groups is 1. The fourth-order valence-corrected chi connectivity index (χ4v) is 3.27. The van der Waals surface area contributed by atoms with Crippen LogP contribution in [0.4, 0.5) is 8.78 Å². The number of carbonyl (C=O) groups excluding carboxylic acids is 1. The first-order valence-corrected chi connectivity index (χ1v) is 9.25. The summed E-state index contributed by atoms with van der Waals surface area (Å²) in [6.07, 6.45) is 1.64. The zero-order valence-corrected chi connectivity index (χ0v) is 16.4. The zero-order chi connectivity index (χ0) is 21.3. The van der Waals surface area contributed by atoms with E-state index in [2.05, 4.69) is 0 Å². The molecule has 0 bridgehead atoms. The van der Waals surface area contributed by atoms with Crippen molar-refractivity contribution >= 4 is 11.9 Å². The molecule has 0 amide bonds. The summed E-state index contributed by atoms with van der Waals surface area (Å²) >= 11 is 0. The molecule has 4 nitrogen and oxygen atoms in total. The predicted octanol–water partition coefficient (Wildman–Crippen LogP) is 5.48. The molecule has 4 rings (SSSR count). The largest absolute Gasteiger partial charge is 0.497 e. The number of benzene rings is 3. The lowest BCUT2D eigenvalue weighted by molar-refractivity contribution is 0.101. The number of methoxy groups -OCH3 is 1. The molecule has 0 saturated heterocycles. The molecule has 0 spiro atoms. The Morgan fingerprint density at radius 3 is 2.47 bits per heavy atom. The van der Waals surface area contributed by atoms with Crippen LogP contribution in [0, 0.1) is 18.6 Å². The van der Waals surface area contributed by atoms with Gasteiger partial charge in [0.15, 0.2) is 5.76 Å². The van der Waals surface area contributed by atoms with Gasteiger partial charge in [-0.05, 0) is 54.5 Å². The van der Waals surface area contributed by atoms with E-state index in [9.17, 15) is 13.6 Å². The lowest BCUT2D eigenvalue weighted by atomic mass is 10.0. The number of fused-ring (bicyclic) bond motifs is 1. The minimum atomic E-state index is -0.678. The molecular weight excluding hydrogens is 390 g/mol. The Balaban J connectivity index is 1.58. The standard InChI is InChI=1S/C24H18F2O4/c1-14-9-17(29-13-18-19(25)7-4-8-20(18)26)12-21-23(14)24(27)22(30-21)11-15-5-3-6-16(10-15)28-2/h3-12H,13H2,1-2H3/b22-11-. The number of hydrogen-bond donors (Lipinski definition) is 0. The number of halogens is 2. The van der Waals surface area contributed by atoms with Crippen LogP contribution < -0.4 is 14.2 Å². The minimum Gasteiger partial charge on any atom is -0.497 e. The highest BCUT2D eigenvalue weighted by Crippen LogP contribution is 2.38. The summed E-state index contributed by atoms with van der Waals surface area (Å²) in [6.45, 7) is 1.47. The SMILES string of the molecule is COc1cccc(/C=C2\Oc3cc(OCc4c(F)cccc4F)cc(C)c3C2=O)c1. The smallest absolute Gasteiger partial charge is 0.232 e. The fraction of sp³-hybridized carbons (Fsp3) is 0.125. The molecule has 0 N–H and O–H groups in total. The molecule has 0 atom stereocenters. The monoisotopic (exact) mass is 408 g/mol. The van der Waals surface area contributed by atoms with Crippen LogP contribution in [-0.4, -0.2) is 12.9 Å². The molecule has 152 valence electrons. The maximum absolute atomic E-state index is 13.8. The van der Waals surface area contributed by atoms with E-state index in [0.717, 1.165) is 5.56 Å². The van der Waals surface area contributed by atoms with Crippen molar-refractivity contribution in [2.24, 2.45) is 0 Å². The Kier molecular flexibility index (Phi) is 5.23. The first-order valence-electron chi connectivity index (χ1n) is 9.25. The van der Waals surface area contributed by atoms with Crippen molar-refractivity contribution in [3.05, 3.63) is 94.2 Å². The van der Waals surface area contributed by atoms with Gasteiger partial charge in [-0.1, -0.05) is 18.2 Å². The van der Waals surface area contributed by atoms with Gasteiger partial charge >= 0.3 is 0 Å². The van der Waals surface area contributed by atoms with Crippen molar-refractivity contribution < 1.29 is 27.8 Å². The van der Waals surface area contributed by atoms with Crippen LogP contribution in [0.1, 0.15) is 27.0 Å². The zero-order valence-electron chi connectivity index (χ0n) is 16.4. The third-order valence-corrected chi connectivity index (χ3v) is 4.78. The highest BCUT2D eigenvalue weighted by molar-refractivity contribution is 6.15. The van der Waals surface area contributed by atoms with Crippen molar-refractivity contribution in [2.45, 2.75) is 13.5 Å². The highest BCUT2D eigenvalue weighted by atomic mass is 19.1. The Morgan fingerprint density at radius 1 is 1.00 bits per heavy atom. The summed E-state index contributed by atoms with van der Waals surface area (Å²) in [5.41, 5.74) is 1.69. The molecule has 0 fully saturated rings. The van der Waals surface area contributed by atoms with E-state index in [1.165, 1.54) is 18.2 Å². The lowest BCUT2D eigenvalue weighted by Gasteiger charge is -2.10. The Hall–Kier alpha value is -3.67. The molecule has 3 aromatic carbocycles. The summed E-state index contributed by atoms with van der Waals surface area (Å²) < 4.78 is 44.1. The van der Waals surface area contributed by atoms with Gasteiger partial charge in [-0.15, -0.1) is 0 Å². The van der Waals surface area contributed by atoms with E-state index < -0.39 is 11.6 Å². The molecule has 0 saturated carbocycles. The van der Waals surface area contributed by atoms with Crippen molar-refractivity contribution in [3.63, 3.8) is 0 Å². The molecule has 0 aliphatic carbocycles. The number of allylic oxidation sites excluding steroid dienone is 1. The van der Waals surface area contributed by atoms with Crippen LogP contribution in [0.15, 0.2) is 60.4 Å². The van der Waals surface area contributed by atoms with Gasteiger partial charge in [0.2, 0.25) is 5.78 Å². The van der Waals surface area contributed by atoms with Gasteiger partial charge in [-0.25, -0.2) is 8.78 Å². The average Bonchev–Trinajstić information content (AvgIpc) is 3.03. The van der Waals surface area contributed by atoms with E-state index in [-0.39, 0.29) is 23.7 Å². The molecule has 0 unspecified atom stereocenters. The maximum Gasteiger partial charge on any atom is 0.232 e. The second kappa shape index (κ2) is 7.99. The van der Waals surface area contributed by atoms with Crippen LogP contribution in [0.5, 0.6) is 17.2 Å². The van der Waals surface area contributed by atoms with Crippen molar-refractivity contribution in [1.29, 1.82) is 0 Å². The summed E-state index contributed by atoms with van der Waals surface area (Å²) in [7, 11) is 1.57. The van der Waals surface area contributed by atoms with E-state index >= 15 is 0 Å². The Bertz CT molecular complexity index is 1150. The minimum absolute atomic E-state index is 0.161. The number of rotatable bonds is 5. The molecule has 6 heteroatoms. The van der Waals surface area contributed by atoms with Crippen molar-refractivity contribution in [2.75, 3.05) is 7.11 Å². The van der Waals surface area contributed by atoms with Gasteiger partial charge in [0, 0.05) is 6.07 Å². The summed E-state index contributed by atoms with van der Waals surface area (Å²) in [6, 6.07) is 14.1. The molecule has 0 aromatic heterocycles. The predicted molar refractivity (Wildman–Crippen MR) is 108 cm³/mol. The number of hydrogen-bond acceptors (Lipinski definition) is 4. The molecule has 1 aliphatic heterocycles. The maximum atomic E-state index is 13.8. The van der Waals surface area contributed by atoms with Gasteiger partial charge in [-0.3, -0.25) is 4.79 Å². The quantitative estimate of drug-likeness (QED) is 0.525. The molecular formula is C24H18F2O4. The van der Waals surface area contributed by atoms with E-state index in [4.69, 9.17) is 14.2 Å². The van der Waals surface area contributed by atoms with Gasteiger partial charge in [-0.2, -0.15) is 0 Å². The van der Waals surface area contributed by atoms with Crippen LogP contribution in [0.25, 0.3) is 6.08 Å². The summed E-state index contributed by atoms with van der Waals surface area (Å²) in [5.74, 6) is -0.0525. The second-order valence-electron chi connectivity index (χ2n) is 6.82. The molecule has 1 heterocycles. The normalized spacial score (nSPS) is 13.9. The summed E-state index contributed by atoms with van der Waals surface area (Å²) in [4.78, 5) is 12.8. The van der Waals surface area contributed by atoms with Gasteiger partial charge in [0.1, 0.15) is 35.5 Å². The van der Waals surface area contributed by atoms with Crippen molar-refractivity contribution in [3.8, 4) is 17.2 Å². The average molecular weight is 408 g/mol. The number of ether oxygens (including phenoxy) is 3. The van der Waals surface area contributed by atoms with E-state index in [0.29, 0.717) is 28.4 Å². The molecule has 1 aliphatic rings. The fourth-order valence-electron chi connectivity index (χ4n) is 3.27. The number of Topliss-reactive ketones (excluding diaryl/α,β-unsaturated/α-hetero) is 1. The number of aryl methyl sites for hydroxylation is 1. The van der Waals surface area contributed by atoms with Crippen LogP contribution in [0.3, 0.4) is 0 Å². The summed E-state index contributed by atoms with van der Waals surface area (Å²) in [5, 5.41) is 0. The highest BCUT2D eigenvalue weighted by Gasteiger charge is 2.30. The van der Waals surface area contributed by atoms with E-state index in [1.807, 2.05) is 12.1 Å². The Morgan fingerprint density at radius 2 is 1.73 bits per heavy atom. The Labute approximate surface area is 172 Å². The first kappa shape index (κ1) is 19.6. The van der Waals surface area contributed by atoms with Crippen molar-refractivity contribution in [1.82, 2.24) is 0 Å². The van der Waals surface area contributed by atoms with Crippen LogP contribution in [0.2, 0.25) is 0 Å². The third-order valence-electron chi connectivity index (χ3n) is 4.78. The molecule has 0 radical (unpaired) electrons. The number of ketones is 1. The van der Waals surface area contributed by atoms with E-state index in [1.54, 1.807) is 44.4 Å². The van der Waals surface area contributed by atoms with Gasteiger partial charge < -0.3 is 14.2 Å². The van der Waals surface area contributed by atoms with Gasteiger partial charge in [0.05, 0.1) is 18.2 Å². The van der Waals surface area contributed by atoms with Crippen LogP contribution in [-0.2, 0) is 6.61 Å². The molecule has 3 aromatic rings. The first-order chi connectivity index (χ1) is 14.5. The topological polar surface area (TPSA) is 44.8 Å². The van der Waals surface area contributed by atoms with Gasteiger partial charge in [0.25, 0.3) is 0 Å². The second-order valence-corrected chi connectivity index (χ2v) is 6.82. The third kappa shape index (κ3) is 3.76.